The zero-order chi connectivity index (χ0) is 15.4. The van der Waals surface area contributed by atoms with Crippen molar-refractivity contribution in [2.45, 2.75) is 57.9 Å². The Bertz CT molecular complexity index is 557. The summed E-state index contributed by atoms with van der Waals surface area (Å²) in [6, 6.07) is -0.113. The van der Waals surface area contributed by atoms with Gasteiger partial charge in [0.05, 0.1) is 0 Å². The Morgan fingerprint density at radius 3 is 2.64 bits per heavy atom. The van der Waals surface area contributed by atoms with E-state index in [2.05, 4.69) is 34.7 Å². The summed E-state index contributed by atoms with van der Waals surface area (Å²) in [4.78, 5) is 12.4. The van der Waals surface area contributed by atoms with Crippen LogP contribution >= 0.6 is 11.3 Å². The maximum atomic E-state index is 12.4. The number of carbonyl (C=O) groups excluding carboxylic acids is 1. The van der Waals surface area contributed by atoms with Crippen molar-refractivity contribution in [2.24, 2.45) is 23.2 Å². The zero-order valence-corrected chi connectivity index (χ0v) is 14.1. The molecule has 2 atom stereocenters. The Labute approximate surface area is 135 Å². The molecule has 0 aliphatic heterocycles. The topological polar surface area (TPSA) is 66.9 Å². The molecule has 4 aliphatic rings. The first kappa shape index (κ1) is 14.4. The fourth-order valence-electron chi connectivity index (χ4n) is 5.75. The van der Waals surface area contributed by atoms with Crippen molar-refractivity contribution in [3.63, 3.8) is 0 Å². The molecule has 22 heavy (non-hydrogen) atoms. The number of urea groups is 1. The molecule has 2 N–H and O–H groups in total. The maximum Gasteiger partial charge on any atom is 0.321 e. The van der Waals surface area contributed by atoms with Gasteiger partial charge in [-0.3, -0.25) is 5.32 Å². The molecule has 1 aromatic heterocycles. The Balaban J connectivity index is 1.52. The van der Waals surface area contributed by atoms with Crippen LogP contribution in [0.25, 0.3) is 0 Å². The number of hydrogen-bond donors (Lipinski definition) is 2. The minimum Gasteiger partial charge on any atom is -0.332 e. The maximum absolute atomic E-state index is 12.4. The van der Waals surface area contributed by atoms with E-state index in [4.69, 9.17) is 0 Å². The van der Waals surface area contributed by atoms with Gasteiger partial charge in [-0.15, -0.1) is 10.2 Å². The second kappa shape index (κ2) is 4.91. The van der Waals surface area contributed by atoms with Gasteiger partial charge in [-0.25, -0.2) is 4.79 Å². The van der Waals surface area contributed by atoms with E-state index in [0.717, 1.165) is 31.1 Å². The van der Waals surface area contributed by atoms with Gasteiger partial charge < -0.3 is 5.32 Å². The third-order valence-corrected chi connectivity index (χ3v) is 6.90. The summed E-state index contributed by atoms with van der Waals surface area (Å²) < 4.78 is 0. The number of aromatic nitrogens is 2. The minimum atomic E-state index is -0.113. The second-order valence-corrected chi connectivity index (χ2v) is 8.91. The summed E-state index contributed by atoms with van der Waals surface area (Å²) in [5.41, 5.74) is 2.08. The molecule has 2 unspecified atom stereocenters. The lowest BCUT2D eigenvalue weighted by atomic mass is 9.44. The van der Waals surface area contributed by atoms with Crippen molar-refractivity contribution in [1.82, 2.24) is 15.5 Å². The second-order valence-electron chi connectivity index (χ2n) is 8.08. The van der Waals surface area contributed by atoms with Gasteiger partial charge >= 0.3 is 6.03 Å². The third kappa shape index (κ3) is 2.32. The molecule has 6 heteroatoms. The van der Waals surface area contributed by atoms with Crippen LogP contribution in [0.5, 0.6) is 0 Å². The number of anilines is 1. The van der Waals surface area contributed by atoms with Crippen LogP contribution in [0.1, 0.15) is 52.4 Å². The highest BCUT2D eigenvalue weighted by atomic mass is 32.1. The van der Waals surface area contributed by atoms with Gasteiger partial charge in [0, 0.05) is 5.54 Å². The molecular weight excluding hydrogens is 296 g/mol. The summed E-state index contributed by atoms with van der Waals surface area (Å²) in [7, 11) is 0. The highest BCUT2D eigenvalue weighted by Gasteiger charge is 2.58. The van der Waals surface area contributed by atoms with Crippen LogP contribution in [-0.2, 0) is 0 Å². The normalized spacial score (nSPS) is 39.2. The summed E-state index contributed by atoms with van der Waals surface area (Å²) in [5, 5.41) is 14.4. The first-order chi connectivity index (χ1) is 10.5. The highest BCUT2D eigenvalue weighted by molar-refractivity contribution is 7.13. The number of amides is 2. The Morgan fingerprint density at radius 2 is 2.05 bits per heavy atom. The van der Waals surface area contributed by atoms with Gasteiger partial charge in [-0.2, -0.15) is 0 Å². The molecule has 0 spiro atoms. The van der Waals surface area contributed by atoms with Crippen LogP contribution in [-0.4, -0.2) is 21.8 Å². The molecule has 1 heterocycles. The van der Waals surface area contributed by atoms with E-state index in [0.29, 0.717) is 16.5 Å². The van der Waals surface area contributed by atoms with Gasteiger partial charge in [0.1, 0.15) is 5.51 Å². The number of nitrogens with zero attached hydrogens (tertiary/aromatic N) is 2. The van der Waals surface area contributed by atoms with Crippen LogP contribution in [0.15, 0.2) is 5.51 Å². The van der Waals surface area contributed by atoms with Crippen molar-refractivity contribution >= 4 is 22.5 Å². The fourth-order valence-corrected chi connectivity index (χ4v) is 6.19. The third-order valence-electron chi connectivity index (χ3n) is 6.29. The van der Waals surface area contributed by atoms with Gasteiger partial charge in [-0.05, 0) is 61.7 Å². The Morgan fingerprint density at radius 1 is 1.32 bits per heavy atom. The van der Waals surface area contributed by atoms with E-state index in [-0.39, 0.29) is 11.6 Å². The fraction of sp³-hybridized carbons (Fsp3) is 0.812. The van der Waals surface area contributed by atoms with E-state index in [9.17, 15) is 4.79 Å². The first-order valence-corrected chi connectivity index (χ1v) is 9.22. The predicted molar refractivity (Wildman–Crippen MR) is 86.7 cm³/mol. The summed E-state index contributed by atoms with van der Waals surface area (Å²) >= 11 is 1.35. The van der Waals surface area contributed by atoms with Crippen molar-refractivity contribution in [3.8, 4) is 0 Å². The average Bonchev–Trinajstić information content (AvgIpc) is 2.88. The van der Waals surface area contributed by atoms with Crippen LogP contribution in [0.4, 0.5) is 9.93 Å². The molecule has 120 valence electrons. The summed E-state index contributed by atoms with van der Waals surface area (Å²) in [6.45, 7) is 4.73. The van der Waals surface area contributed by atoms with E-state index < -0.39 is 0 Å². The molecule has 1 aromatic rings. The molecule has 0 radical (unpaired) electrons. The van der Waals surface area contributed by atoms with Crippen LogP contribution in [0, 0.1) is 23.2 Å². The number of nitrogens with one attached hydrogen (secondary N) is 2. The van der Waals surface area contributed by atoms with Crippen molar-refractivity contribution in [3.05, 3.63) is 5.51 Å². The monoisotopic (exact) mass is 320 g/mol. The van der Waals surface area contributed by atoms with Crippen molar-refractivity contribution in [1.29, 1.82) is 0 Å². The molecule has 2 amide bonds. The Kier molecular flexibility index (Phi) is 3.22. The standard InChI is InChI=1S/C16H24N4OS/c1-10(2)15-4-11-3-12(5-15)7-16(6-11,8-15)19-13(21)18-14-20-17-9-22-14/h9-12H,3-8H2,1-2H3,(H2,18,19,20,21). The minimum absolute atomic E-state index is 0.00310. The quantitative estimate of drug-likeness (QED) is 0.893. The number of carbonyl (C=O) groups is 1. The highest BCUT2D eigenvalue weighted by Crippen LogP contribution is 2.64. The lowest BCUT2D eigenvalue weighted by Crippen LogP contribution is -2.64. The average molecular weight is 320 g/mol. The summed E-state index contributed by atoms with van der Waals surface area (Å²) in [5.74, 6) is 2.29. The molecular formula is C16H24N4OS. The van der Waals surface area contributed by atoms with Gasteiger partial charge in [-0.1, -0.05) is 25.2 Å². The molecule has 0 saturated heterocycles. The lowest BCUT2D eigenvalue weighted by Gasteiger charge is -2.63. The van der Waals surface area contributed by atoms with E-state index in [1.807, 2.05) is 0 Å². The number of hydrogen-bond acceptors (Lipinski definition) is 4. The van der Waals surface area contributed by atoms with Crippen LogP contribution < -0.4 is 10.6 Å². The van der Waals surface area contributed by atoms with E-state index in [1.54, 1.807) is 5.51 Å². The van der Waals surface area contributed by atoms with E-state index >= 15 is 0 Å². The van der Waals surface area contributed by atoms with Crippen molar-refractivity contribution < 1.29 is 4.79 Å². The number of rotatable bonds is 3. The van der Waals surface area contributed by atoms with Gasteiger partial charge in [0.25, 0.3) is 0 Å². The Hall–Kier alpha value is -1.17. The van der Waals surface area contributed by atoms with E-state index in [1.165, 1.54) is 30.6 Å². The van der Waals surface area contributed by atoms with Crippen molar-refractivity contribution in [2.75, 3.05) is 5.32 Å². The van der Waals surface area contributed by atoms with Crippen LogP contribution in [0.2, 0.25) is 0 Å². The first-order valence-electron chi connectivity index (χ1n) is 8.34. The largest absolute Gasteiger partial charge is 0.332 e. The SMILES string of the molecule is CC(C)C12CC3CC(CC(NC(=O)Nc4nncs4)(C3)C1)C2. The predicted octanol–water partition coefficient (Wildman–Crippen LogP) is 3.65. The van der Waals surface area contributed by atoms with Crippen LogP contribution in [0.3, 0.4) is 0 Å². The molecule has 4 bridgehead atoms. The summed E-state index contributed by atoms with van der Waals surface area (Å²) in [6.07, 6.45) is 7.55. The zero-order valence-electron chi connectivity index (χ0n) is 13.3. The molecule has 4 aliphatic carbocycles. The van der Waals surface area contributed by atoms with Gasteiger partial charge in [0.2, 0.25) is 5.13 Å². The molecule has 5 rings (SSSR count). The molecule has 4 saturated carbocycles. The molecule has 5 nitrogen and oxygen atoms in total. The van der Waals surface area contributed by atoms with Gasteiger partial charge in [0.15, 0.2) is 0 Å². The molecule has 4 fully saturated rings. The smallest absolute Gasteiger partial charge is 0.321 e. The molecule has 0 aromatic carbocycles. The lowest BCUT2D eigenvalue weighted by molar-refractivity contribution is -0.0994.